The molecule has 160 valence electrons. The summed E-state index contributed by atoms with van der Waals surface area (Å²) in [5, 5.41) is 0.578. The zero-order valence-corrected chi connectivity index (χ0v) is 19.2. The molecular formula is C22H38N2O2S2. The molecule has 4 unspecified atom stereocenters. The lowest BCUT2D eigenvalue weighted by molar-refractivity contribution is 0.195. The number of nitrogens with zero attached hydrogens (tertiary/aromatic N) is 2. The fraction of sp³-hybridized carbons (Fsp3) is 0.955. The van der Waals surface area contributed by atoms with Gasteiger partial charge in [-0.1, -0.05) is 70.1 Å². The van der Waals surface area contributed by atoms with Crippen LogP contribution in [0, 0.1) is 17.8 Å². The predicted octanol–water partition coefficient (Wildman–Crippen LogP) is 5.44. The van der Waals surface area contributed by atoms with Gasteiger partial charge in [0, 0.05) is 18.3 Å². The smallest absolute Gasteiger partial charge is 0.260 e. The van der Waals surface area contributed by atoms with Crippen LogP contribution < -0.4 is 0 Å². The van der Waals surface area contributed by atoms with E-state index in [-0.39, 0.29) is 11.3 Å². The van der Waals surface area contributed by atoms with Gasteiger partial charge in [-0.2, -0.15) is 0 Å². The van der Waals surface area contributed by atoms with Crippen molar-refractivity contribution in [3.05, 3.63) is 0 Å². The van der Waals surface area contributed by atoms with Crippen molar-refractivity contribution in [1.29, 1.82) is 0 Å². The molecule has 1 aliphatic heterocycles. The molecule has 0 amide bonds. The molecule has 0 radical (unpaired) electrons. The predicted molar refractivity (Wildman–Crippen MR) is 119 cm³/mol. The Morgan fingerprint density at radius 2 is 1.61 bits per heavy atom. The van der Waals surface area contributed by atoms with Crippen LogP contribution in [-0.4, -0.2) is 42.1 Å². The molecule has 4 atom stereocenters. The van der Waals surface area contributed by atoms with Crippen molar-refractivity contribution in [3.63, 3.8) is 0 Å². The van der Waals surface area contributed by atoms with Crippen LogP contribution in [0.5, 0.6) is 0 Å². The zero-order valence-electron chi connectivity index (χ0n) is 17.5. The molecule has 6 heteroatoms. The van der Waals surface area contributed by atoms with Crippen LogP contribution in [-0.2, 0) is 10.0 Å². The van der Waals surface area contributed by atoms with Gasteiger partial charge >= 0.3 is 0 Å². The SMILES string of the molecule is CC1CCCCC1CSC1=NS(=O)(=O)C2CCCCC2N1CC1CCCCC1. The zero-order chi connectivity index (χ0) is 19.6. The van der Waals surface area contributed by atoms with E-state index in [0.717, 1.165) is 55.0 Å². The minimum atomic E-state index is -3.35. The number of thioether (sulfide) groups is 1. The second kappa shape index (κ2) is 9.28. The summed E-state index contributed by atoms with van der Waals surface area (Å²) in [6.07, 6.45) is 16.0. The van der Waals surface area contributed by atoms with Gasteiger partial charge in [-0.25, -0.2) is 8.42 Å². The number of hydrogen-bond acceptors (Lipinski definition) is 4. The monoisotopic (exact) mass is 426 g/mol. The van der Waals surface area contributed by atoms with Gasteiger partial charge in [0.1, 0.15) is 5.25 Å². The maximum Gasteiger partial charge on any atom is 0.260 e. The van der Waals surface area contributed by atoms with Gasteiger partial charge < -0.3 is 4.90 Å². The second-order valence-electron chi connectivity index (χ2n) is 9.77. The molecule has 4 aliphatic rings. The summed E-state index contributed by atoms with van der Waals surface area (Å²) in [5.41, 5.74) is 0. The molecule has 1 heterocycles. The highest BCUT2D eigenvalue weighted by Gasteiger charge is 2.44. The van der Waals surface area contributed by atoms with Gasteiger partial charge in [-0.3, -0.25) is 0 Å². The van der Waals surface area contributed by atoms with E-state index in [9.17, 15) is 8.42 Å². The van der Waals surface area contributed by atoms with E-state index >= 15 is 0 Å². The highest BCUT2D eigenvalue weighted by atomic mass is 32.2. The fourth-order valence-corrected chi connectivity index (χ4v) is 9.30. The Balaban J connectivity index is 1.53. The molecule has 3 fully saturated rings. The maximum atomic E-state index is 13.0. The summed E-state index contributed by atoms with van der Waals surface area (Å²) in [6.45, 7) is 3.41. The Kier molecular flexibility index (Phi) is 6.97. The van der Waals surface area contributed by atoms with Gasteiger partial charge in [0.25, 0.3) is 10.0 Å². The van der Waals surface area contributed by atoms with Crippen LogP contribution in [0.2, 0.25) is 0 Å². The van der Waals surface area contributed by atoms with Crippen molar-refractivity contribution in [3.8, 4) is 0 Å². The number of sulfonamides is 1. The highest BCUT2D eigenvalue weighted by Crippen LogP contribution is 2.39. The standard InChI is InChI=1S/C22H38N2O2S2/c1-17-9-5-6-12-19(17)16-27-22-23-28(25,26)21-14-8-7-13-20(21)24(22)15-18-10-3-2-4-11-18/h17-21H,2-16H2,1H3. The first-order valence-corrected chi connectivity index (χ1v) is 14.3. The molecule has 4 rings (SSSR count). The first-order valence-electron chi connectivity index (χ1n) is 11.8. The Hall–Kier alpha value is -0.230. The molecule has 0 aromatic rings. The summed E-state index contributed by atoms with van der Waals surface area (Å²) in [6, 6.07) is 0.171. The van der Waals surface area contributed by atoms with Crippen LogP contribution in [0.25, 0.3) is 0 Å². The third-order valence-corrected chi connectivity index (χ3v) is 10.8. The molecule has 28 heavy (non-hydrogen) atoms. The molecular weight excluding hydrogens is 388 g/mol. The quantitative estimate of drug-likeness (QED) is 0.601. The second-order valence-corrected chi connectivity index (χ2v) is 12.6. The average Bonchev–Trinajstić information content (AvgIpc) is 2.71. The summed E-state index contributed by atoms with van der Waals surface area (Å²) in [4.78, 5) is 2.47. The minimum absolute atomic E-state index is 0.171. The van der Waals surface area contributed by atoms with E-state index in [1.807, 2.05) is 0 Å². The molecule has 0 N–H and O–H groups in total. The molecule has 3 aliphatic carbocycles. The number of rotatable bonds is 4. The molecule has 0 aromatic heterocycles. The summed E-state index contributed by atoms with van der Waals surface area (Å²) in [5.74, 6) is 3.23. The molecule has 0 spiro atoms. The van der Waals surface area contributed by atoms with Crippen LogP contribution in [0.3, 0.4) is 0 Å². The summed E-state index contributed by atoms with van der Waals surface area (Å²) in [7, 11) is -3.35. The van der Waals surface area contributed by atoms with Crippen LogP contribution in [0.1, 0.15) is 90.4 Å². The van der Waals surface area contributed by atoms with E-state index in [1.54, 1.807) is 11.8 Å². The van der Waals surface area contributed by atoms with Crippen molar-refractivity contribution in [2.75, 3.05) is 12.3 Å². The van der Waals surface area contributed by atoms with E-state index in [4.69, 9.17) is 0 Å². The molecule has 0 bridgehead atoms. The van der Waals surface area contributed by atoms with Crippen LogP contribution >= 0.6 is 11.8 Å². The van der Waals surface area contributed by atoms with Gasteiger partial charge in [0.15, 0.2) is 5.17 Å². The molecule has 0 saturated heterocycles. The van der Waals surface area contributed by atoms with Gasteiger partial charge in [-0.05, 0) is 49.9 Å². The van der Waals surface area contributed by atoms with Gasteiger partial charge in [0.2, 0.25) is 0 Å². The van der Waals surface area contributed by atoms with Crippen molar-refractivity contribution in [2.24, 2.45) is 22.2 Å². The summed E-state index contributed by atoms with van der Waals surface area (Å²) >= 11 is 1.76. The molecule has 3 saturated carbocycles. The first kappa shape index (κ1) is 21.0. The Morgan fingerprint density at radius 3 is 2.39 bits per heavy atom. The minimum Gasteiger partial charge on any atom is -0.346 e. The van der Waals surface area contributed by atoms with E-state index in [2.05, 4.69) is 16.2 Å². The largest absolute Gasteiger partial charge is 0.346 e. The number of hydrogen-bond donors (Lipinski definition) is 0. The van der Waals surface area contributed by atoms with Crippen molar-refractivity contribution in [2.45, 2.75) is 102 Å². The van der Waals surface area contributed by atoms with Crippen molar-refractivity contribution in [1.82, 2.24) is 4.90 Å². The van der Waals surface area contributed by atoms with E-state index in [0.29, 0.717) is 5.92 Å². The van der Waals surface area contributed by atoms with Gasteiger partial charge in [-0.15, -0.1) is 4.40 Å². The van der Waals surface area contributed by atoms with Gasteiger partial charge in [0.05, 0.1) is 0 Å². The Labute approximate surface area is 176 Å². The lowest BCUT2D eigenvalue weighted by Crippen LogP contribution is -2.55. The molecule has 0 aromatic carbocycles. The van der Waals surface area contributed by atoms with Crippen LogP contribution in [0.4, 0.5) is 0 Å². The lowest BCUT2D eigenvalue weighted by atomic mass is 9.82. The van der Waals surface area contributed by atoms with Crippen molar-refractivity contribution >= 4 is 27.0 Å². The summed E-state index contributed by atoms with van der Waals surface area (Å²) < 4.78 is 30.3. The number of fused-ring (bicyclic) bond motifs is 1. The first-order chi connectivity index (χ1) is 13.5. The Morgan fingerprint density at radius 1 is 0.929 bits per heavy atom. The maximum absolute atomic E-state index is 13.0. The van der Waals surface area contributed by atoms with Crippen molar-refractivity contribution < 1.29 is 8.42 Å². The highest BCUT2D eigenvalue weighted by molar-refractivity contribution is 8.14. The van der Waals surface area contributed by atoms with E-state index < -0.39 is 10.0 Å². The number of amidine groups is 1. The van der Waals surface area contributed by atoms with E-state index in [1.165, 1.54) is 57.8 Å². The van der Waals surface area contributed by atoms with Crippen LogP contribution in [0.15, 0.2) is 4.40 Å². The topological polar surface area (TPSA) is 49.7 Å². The lowest BCUT2D eigenvalue weighted by Gasteiger charge is -2.45. The third kappa shape index (κ3) is 4.74. The average molecular weight is 427 g/mol. The normalized spacial score (nSPS) is 36.6. The fourth-order valence-electron chi connectivity index (χ4n) is 5.94. The molecule has 4 nitrogen and oxygen atoms in total. The third-order valence-electron chi connectivity index (χ3n) is 7.80. The Bertz CT molecular complexity index is 657.